The van der Waals surface area contributed by atoms with Crippen LogP contribution < -0.4 is 10.1 Å². The third-order valence-electron chi connectivity index (χ3n) is 4.52. The normalized spacial score (nSPS) is 14.0. The largest absolute Gasteiger partial charge is 0.497 e. The fourth-order valence-electron chi connectivity index (χ4n) is 3.43. The van der Waals surface area contributed by atoms with Crippen molar-refractivity contribution in [2.45, 2.75) is 19.5 Å². The number of benzene rings is 2. The van der Waals surface area contributed by atoms with Gasteiger partial charge in [0.1, 0.15) is 5.75 Å². The SMILES string of the molecule is COc1ccc2c3c(n(Cc4ccccc4)c2c1)CCNC3. The maximum Gasteiger partial charge on any atom is 0.120 e. The van der Waals surface area contributed by atoms with Gasteiger partial charge in [0.25, 0.3) is 0 Å². The van der Waals surface area contributed by atoms with Crippen molar-refractivity contribution in [1.82, 2.24) is 9.88 Å². The number of fused-ring (bicyclic) bond motifs is 3. The molecule has 0 spiro atoms. The van der Waals surface area contributed by atoms with Crippen LogP contribution in [0.4, 0.5) is 0 Å². The number of hydrogen-bond acceptors (Lipinski definition) is 2. The summed E-state index contributed by atoms with van der Waals surface area (Å²) >= 11 is 0. The Kier molecular flexibility index (Phi) is 3.35. The molecule has 3 aromatic rings. The van der Waals surface area contributed by atoms with E-state index in [4.69, 9.17) is 4.74 Å². The van der Waals surface area contributed by atoms with Crippen LogP contribution in [-0.2, 0) is 19.5 Å². The monoisotopic (exact) mass is 292 g/mol. The summed E-state index contributed by atoms with van der Waals surface area (Å²) in [7, 11) is 1.73. The van der Waals surface area contributed by atoms with Gasteiger partial charge in [-0.2, -0.15) is 0 Å². The van der Waals surface area contributed by atoms with E-state index in [-0.39, 0.29) is 0 Å². The smallest absolute Gasteiger partial charge is 0.120 e. The van der Waals surface area contributed by atoms with E-state index in [9.17, 15) is 0 Å². The lowest BCUT2D eigenvalue weighted by Gasteiger charge is -2.17. The average Bonchev–Trinajstić information content (AvgIpc) is 2.89. The highest BCUT2D eigenvalue weighted by molar-refractivity contribution is 5.87. The average molecular weight is 292 g/mol. The molecule has 3 heteroatoms. The van der Waals surface area contributed by atoms with E-state index in [0.717, 1.165) is 31.8 Å². The lowest BCUT2D eigenvalue weighted by Crippen LogP contribution is -2.24. The maximum absolute atomic E-state index is 5.43. The number of rotatable bonds is 3. The van der Waals surface area contributed by atoms with E-state index in [1.807, 2.05) is 0 Å². The van der Waals surface area contributed by atoms with Gasteiger partial charge in [-0.25, -0.2) is 0 Å². The lowest BCUT2D eigenvalue weighted by molar-refractivity contribution is 0.415. The second-order valence-corrected chi connectivity index (χ2v) is 5.81. The van der Waals surface area contributed by atoms with Gasteiger partial charge < -0.3 is 14.6 Å². The molecule has 0 saturated heterocycles. The first-order valence-corrected chi connectivity index (χ1v) is 7.79. The van der Waals surface area contributed by atoms with E-state index in [2.05, 4.69) is 58.4 Å². The fourth-order valence-corrected chi connectivity index (χ4v) is 3.43. The van der Waals surface area contributed by atoms with Gasteiger partial charge in [-0.3, -0.25) is 0 Å². The van der Waals surface area contributed by atoms with Gasteiger partial charge in [0.05, 0.1) is 12.6 Å². The summed E-state index contributed by atoms with van der Waals surface area (Å²) in [6, 6.07) is 17.1. The molecule has 112 valence electrons. The molecular weight excluding hydrogens is 272 g/mol. The zero-order valence-electron chi connectivity index (χ0n) is 12.8. The number of ether oxygens (including phenoxy) is 1. The van der Waals surface area contributed by atoms with E-state index >= 15 is 0 Å². The van der Waals surface area contributed by atoms with Crippen LogP contribution in [0.15, 0.2) is 48.5 Å². The highest BCUT2D eigenvalue weighted by Gasteiger charge is 2.20. The van der Waals surface area contributed by atoms with Gasteiger partial charge in [0, 0.05) is 43.2 Å². The van der Waals surface area contributed by atoms with Crippen molar-refractivity contribution in [3.8, 4) is 5.75 Å². The van der Waals surface area contributed by atoms with Crippen molar-refractivity contribution in [1.29, 1.82) is 0 Å². The van der Waals surface area contributed by atoms with Crippen LogP contribution in [0.1, 0.15) is 16.8 Å². The molecule has 0 aliphatic carbocycles. The molecule has 0 amide bonds. The van der Waals surface area contributed by atoms with Gasteiger partial charge >= 0.3 is 0 Å². The first kappa shape index (κ1) is 13.4. The van der Waals surface area contributed by atoms with Crippen LogP contribution in [0, 0.1) is 0 Å². The minimum absolute atomic E-state index is 0.917. The maximum atomic E-state index is 5.43. The second-order valence-electron chi connectivity index (χ2n) is 5.81. The Morgan fingerprint density at radius 2 is 2.00 bits per heavy atom. The minimum atomic E-state index is 0.917. The Bertz CT molecular complexity index is 805. The summed E-state index contributed by atoms with van der Waals surface area (Å²) in [6.45, 7) is 2.93. The van der Waals surface area contributed by atoms with E-state index in [1.165, 1.54) is 27.7 Å². The molecule has 1 aromatic heterocycles. The number of nitrogens with zero attached hydrogens (tertiary/aromatic N) is 1. The van der Waals surface area contributed by atoms with Crippen LogP contribution in [0.5, 0.6) is 5.75 Å². The highest BCUT2D eigenvalue weighted by atomic mass is 16.5. The van der Waals surface area contributed by atoms with Crippen molar-refractivity contribution < 1.29 is 4.74 Å². The zero-order chi connectivity index (χ0) is 14.9. The molecule has 1 aliphatic heterocycles. The van der Waals surface area contributed by atoms with Gasteiger partial charge in [0.2, 0.25) is 0 Å². The third kappa shape index (κ3) is 2.18. The molecule has 0 radical (unpaired) electrons. The summed E-state index contributed by atoms with van der Waals surface area (Å²) in [5, 5.41) is 4.84. The summed E-state index contributed by atoms with van der Waals surface area (Å²) < 4.78 is 7.89. The Morgan fingerprint density at radius 1 is 1.14 bits per heavy atom. The van der Waals surface area contributed by atoms with Crippen molar-refractivity contribution in [3.05, 3.63) is 65.4 Å². The van der Waals surface area contributed by atoms with Gasteiger partial charge in [-0.15, -0.1) is 0 Å². The van der Waals surface area contributed by atoms with Crippen molar-refractivity contribution in [3.63, 3.8) is 0 Å². The first-order valence-electron chi connectivity index (χ1n) is 7.79. The van der Waals surface area contributed by atoms with Gasteiger partial charge in [-0.1, -0.05) is 30.3 Å². The molecule has 3 nitrogen and oxygen atoms in total. The Hall–Kier alpha value is -2.26. The fraction of sp³-hybridized carbons (Fsp3) is 0.263. The summed E-state index contributed by atoms with van der Waals surface area (Å²) in [4.78, 5) is 0. The van der Waals surface area contributed by atoms with E-state index in [0.29, 0.717) is 0 Å². The summed E-state index contributed by atoms with van der Waals surface area (Å²) in [6.07, 6.45) is 1.08. The zero-order valence-corrected chi connectivity index (χ0v) is 12.8. The molecule has 0 fully saturated rings. The molecule has 0 bridgehead atoms. The molecule has 0 unspecified atom stereocenters. The third-order valence-corrected chi connectivity index (χ3v) is 4.52. The van der Waals surface area contributed by atoms with Crippen LogP contribution in [-0.4, -0.2) is 18.2 Å². The lowest BCUT2D eigenvalue weighted by atomic mass is 10.1. The molecular formula is C19H20N2O. The number of hydrogen-bond donors (Lipinski definition) is 1. The molecule has 22 heavy (non-hydrogen) atoms. The van der Waals surface area contributed by atoms with Crippen molar-refractivity contribution in [2.24, 2.45) is 0 Å². The van der Waals surface area contributed by atoms with Crippen molar-refractivity contribution in [2.75, 3.05) is 13.7 Å². The molecule has 0 atom stereocenters. The Balaban J connectivity index is 1.90. The van der Waals surface area contributed by atoms with Crippen LogP contribution in [0.2, 0.25) is 0 Å². The predicted molar refractivity (Wildman–Crippen MR) is 89.4 cm³/mol. The van der Waals surface area contributed by atoms with E-state index < -0.39 is 0 Å². The number of methoxy groups -OCH3 is 1. The Morgan fingerprint density at radius 3 is 2.82 bits per heavy atom. The van der Waals surface area contributed by atoms with Gasteiger partial charge in [0.15, 0.2) is 0 Å². The number of aromatic nitrogens is 1. The van der Waals surface area contributed by atoms with Gasteiger partial charge in [-0.05, 0) is 23.3 Å². The molecule has 4 rings (SSSR count). The molecule has 2 aromatic carbocycles. The first-order chi connectivity index (χ1) is 10.9. The summed E-state index contributed by atoms with van der Waals surface area (Å²) in [5.41, 5.74) is 5.52. The standard InChI is InChI=1S/C19H20N2O/c1-22-15-7-8-16-17-12-20-10-9-18(17)21(19(16)11-15)13-14-5-3-2-4-6-14/h2-8,11,20H,9-10,12-13H2,1H3. The predicted octanol–water partition coefficient (Wildman–Crippen LogP) is 3.34. The quantitative estimate of drug-likeness (QED) is 0.801. The highest BCUT2D eigenvalue weighted by Crippen LogP contribution is 2.31. The van der Waals surface area contributed by atoms with Crippen LogP contribution in [0.25, 0.3) is 10.9 Å². The summed E-state index contributed by atoms with van der Waals surface area (Å²) in [5.74, 6) is 0.921. The topological polar surface area (TPSA) is 26.2 Å². The molecule has 2 heterocycles. The molecule has 0 saturated carbocycles. The van der Waals surface area contributed by atoms with Crippen LogP contribution >= 0.6 is 0 Å². The number of nitrogens with one attached hydrogen (secondary N) is 1. The minimum Gasteiger partial charge on any atom is -0.497 e. The van der Waals surface area contributed by atoms with Crippen LogP contribution in [0.3, 0.4) is 0 Å². The second kappa shape index (κ2) is 5.50. The Labute approximate surface area is 130 Å². The van der Waals surface area contributed by atoms with E-state index in [1.54, 1.807) is 7.11 Å². The van der Waals surface area contributed by atoms with Crippen molar-refractivity contribution >= 4 is 10.9 Å². The molecule has 1 N–H and O–H groups in total. The molecule has 1 aliphatic rings.